The van der Waals surface area contributed by atoms with Crippen LogP contribution in [0.15, 0.2) is 71.7 Å². The molecule has 0 radical (unpaired) electrons. The molecule has 1 saturated heterocycles. The number of ether oxygens (including phenoxy) is 2. The Labute approximate surface area is 206 Å². The van der Waals surface area contributed by atoms with E-state index >= 15 is 0 Å². The summed E-state index contributed by atoms with van der Waals surface area (Å²) in [5.74, 6) is 1.67. The Morgan fingerprint density at radius 2 is 1.78 bits per heavy atom. The number of hydrogen-bond donors (Lipinski definition) is 0. The largest absolute Gasteiger partial charge is 0.497 e. The molecule has 186 valence electrons. The molecule has 0 saturated carbocycles. The van der Waals surface area contributed by atoms with Crippen LogP contribution >= 0.6 is 0 Å². The zero-order chi connectivity index (χ0) is 25.4. The Balaban J connectivity index is 1.52. The van der Waals surface area contributed by atoms with Gasteiger partial charge in [-0.3, -0.25) is 4.79 Å². The molecule has 0 bridgehead atoms. The van der Waals surface area contributed by atoms with Gasteiger partial charge >= 0.3 is 6.18 Å². The Morgan fingerprint density at radius 3 is 2.47 bits per heavy atom. The van der Waals surface area contributed by atoms with E-state index in [1.165, 1.54) is 13.2 Å². The number of hydrogen-bond acceptors (Lipinski definition) is 5. The molecular formula is C27H24F3N3O3. The fourth-order valence-electron chi connectivity index (χ4n) is 4.50. The van der Waals surface area contributed by atoms with Gasteiger partial charge < -0.3 is 19.3 Å². The summed E-state index contributed by atoms with van der Waals surface area (Å²) in [5.41, 5.74) is 0.504. The van der Waals surface area contributed by atoms with E-state index in [1.807, 2.05) is 34.9 Å². The van der Waals surface area contributed by atoms with Crippen molar-refractivity contribution in [2.24, 2.45) is 4.99 Å². The maximum atomic E-state index is 13.4. The lowest BCUT2D eigenvalue weighted by Gasteiger charge is -2.41. The maximum Gasteiger partial charge on any atom is 0.416 e. The molecule has 0 spiro atoms. The molecule has 1 unspecified atom stereocenters. The third kappa shape index (κ3) is 4.48. The Bertz CT molecular complexity index is 1320. The van der Waals surface area contributed by atoms with Crippen molar-refractivity contribution in [2.75, 3.05) is 26.7 Å². The van der Waals surface area contributed by atoms with Gasteiger partial charge in [0.2, 0.25) is 0 Å². The van der Waals surface area contributed by atoms with Gasteiger partial charge in [-0.05, 0) is 55.5 Å². The van der Waals surface area contributed by atoms with Gasteiger partial charge in [-0.15, -0.1) is 0 Å². The minimum atomic E-state index is -4.51. The lowest BCUT2D eigenvalue weighted by molar-refractivity contribution is -0.137. The molecule has 3 aromatic carbocycles. The summed E-state index contributed by atoms with van der Waals surface area (Å²) in [5, 5.41) is 0. The quantitative estimate of drug-likeness (QED) is 0.455. The number of carbonyl (C=O) groups is 1. The summed E-state index contributed by atoms with van der Waals surface area (Å²) < 4.78 is 51.7. The van der Waals surface area contributed by atoms with Crippen molar-refractivity contribution in [3.8, 4) is 17.2 Å². The van der Waals surface area contributed by atoms with E-state index in [2.05, 4.69) is 4.99 Å². The van der Waals surface area contributed by atoms with Crippen molar-refractivity contribution in [3.05, 3.63) is 83.4 Å². The van der Waals surface area contributed by atoms with Crippen molar-refractivity contribution in [1.29, 1.82) is 0 Å². The lowest BCUT2D eigenvalue weighted by atomic mass is 10.1. The third-order valence-electron chi connectivity index (χ3n) is 6.37. The summed E-state index contributed by atoms with van der Waals surface area (Å²) in [6, 6.07) is 17.4. The van der Waals surface area contributed by atoms with Crippen LogP contribution in [0, 0.1) is 0 Å². The second-order valence-electron chi connectivity index (χ2n) is 8.74. The van der Waals surface area contributed by atoms with E-state index in [9.17, 15) is 18.0 Å². The molecule has 9 heteroatoms. The van der Waals surface area contributed by atoms with E-state index in [-0.39, 0.29) is 23.4 Å². The summed E-state index contributed by atoms with van der Waals surface area (Å²) in [6.45, 7) is 3.28. The fraction of sp³-hybridized carbons (Fsp3) is 0.259. The molecule has 6 nitrogen and oxygen atoms in total. The zero-order valence-corrected chi connectivity index (χ0v) is 19.7. The van der Waals surface area contributed by atoms with Crippen LogP contribution in [0.3, 0.4) is 0 Å². The molecule has 5 rings (SSSR count). The molecule has 0 N–H and O–H groups in total. The topological polar surface area (TPSA) is 54.4 Å². The lowest BCUT2D eigenvalue weighted by Crippen LogP contribution is -2.55. The first kappa shape index (κ1) is 23.7. The number of methoxy groups -OCH3 is 1. The first-order valence-electron chi connectivity index (χ1n) is 11.5. The second kappa shape index (κ2) is 9.22. The van der Waals surface area contributed by atoms with Crippen LogP contribution in [0.4, 0.5) is 18.9 Å². The zero-order valence-electron chi connectivity index (χ0n) is 19.7. The number of aliphatic imine (C=N–C) groups is 1. The molecule has 2 aliphatic heterocycles. The van der Waals surface area contributed by atoms with Crippen LogP contribution in [-0.4, -0.2) is 54.3 Å². The Kier molecular flexibility index (Phi) is 6.07. The number of alkyl halides is 3. The standard InChI is InChI=1S/C27H24F3N3O3/c1-17-16-32(12-13-33(17)26(34)18-6-4-3-5-7-18)25-21-15-20(35-2)9-11-23(21)36-24-10-8-19(27(28,29)30)14-22(24)31-25/h3-11,14-15,17H,12-13,16H2,1-2H3. The van der Waals surface area contributed by atoms with E-state index < -0.39 is 11.7 Å². The molecule has 3 aromatic rings. The number of amides is 1. The first-order chi connectivity index (χ1) is 17.2. The average Bonchev–Trinajstić information content (AvgIpc) is 3.04. The highest BCUT2D eigenvalue weighted by Gasteiger charge is 2.34. The van der Waals surface area contributed by atoms with Gasteiger partial charge in [0, 0.05) is 31.2 Å². The summed E-state index contributed by atoms with van der Waals surface area (Å²) in [4.78, 5) is 21.5. The van der Waals surface area contributed by atoms with Crippen molar-refractivity contribution >= 4 is 17.4 Å². The predicted octanol–water partition coefficient (Wildman–Crippen LogP) is 5.74. The predicted molar refractivity (Wildman–Crippen MR) is 129 cm³/mol. The van der Waals surface area contributed by atoms with Crippen LogP contribution in [0.25, 0.3) is 0 Å². The normalized spacial score (nSPS) is 17.4. The van der Waals surface area contributed by atoms with E-state index in [4.69, 9.17) is 9.47 Å². The highest BCUT2D eigenvalue weighted by atomic mass is 19.4. The molecule has 0 aliphatic carbocycles. The van der Waals surface area contributed by atoms with Gasteiger partial charge in [0.15, 0.2) is 5.75 Å². The van der Waals surface area contributed by atoms with Crippen molar-refractivity contribution < 1.29 is 27.4 Å². The minimum absolute atomic E-state index is 0.0591. The van der Waals surface area contributed by atoms with E-state index in [1.54, 1.807) is 30.3 Å². The van der Waals surface area contributed by atoms with Crippen molar-refractivity contribution in [1.82, 2.24) is 9.80 Å². The second-order valence-corrected chi connectivity index (χ2v) is 8.74. The smallest absolute Gasteiger partial charge is 0.416 e. The number of nitrogens with zero attached hydrogens (tertiary/aromatic N) is 3. The number of rotatable bonds is 2. The number of piperazine rings is 1. The third-order valence-corrected chi connectivity index (χ3v) is 6.37. The number of halogens is 3. The molecule has 1 fully saturated rings. The highest BCUT2D eigenvalue weighted by Crippen LogP contribution is 2.42. The van der Waals surface area contributed by atoms with Gasteiger partial charge in [-0.2, -0.15) is 13.2 Å². The fourth-order valence-corrected chi connectivity index (χ4v) is 4.50. The van der Waals surface area contributed by atoms with E-state index in [0.29, 0.717) is 48.1 Å². The van der Waals surface area contributed by atoms with Crippen molar-refractivity contribution in [3.63, 3.8) is 0 Å². The van der Waals surface area contributed by atoms with Crippen LogP contribution < -0.4 is 9.47 Å². The van der Waals surface area contributed by atoms with Crippen LogP contribution in [0.1, 0.15) is 28.4 Å². The minimum Gasteiger partial charge on any atom is -0.497 e. The SMILES string of the molecule is COc1ccc2c(c1)C(N1CCN(C(=O)c3ccccc3)C(C)C1)=Nc1cc(C(F)(F)F)ccc1O2. The number of carbonyl (C=O) groups excluding carboxylic acids is 1. The number of benzene rings is 3. The molecule has 0 aromatic heterocycles. The molecule has 2 aliphatic rings. The average molecular weight is 496 g/mol. The molecule has 2 heterocycles. The first-order valence-corrected chi connectivity index (χ1v) is 11.5. The van der Waals surface area contributed by atoms with Gasteiger partial charge in [0.05, 0.1) is 18.2 Å². The van der Waals surface area contributed by atoms with E-state index in [0.717, 1.165) is 12.1 Å². The van der Waals surface area contributed by atoms with Gasteiger partial charge in [-0.25, -0.2) is 4.99 Å². The summed E-state index contributed by atoms with van der Waals surface area (Å²) in [6.07, 6.45) is -4.51. The Morgan fingerprint density at radius 1 is 1.03 bits per heavy atom. The molecule has 1 amide bonds. The summed E-state index contributed by atoms with van der Waals surface area (Å²) in [7, 11) is 1.54. The van der Waals surface area contributed by atoms with Gasteiger partial charge in [0.1, 0.15) is 23.0 Å². The number of amidine groups is 1. The van der Waals surface area contributed by atoms with Crippen LogP contribution in [0.5, 0.6) is 17.2 Å². The van der Waals surface area contributed by atoms with Gasteiger partial charge in [-0.1, -0.05) is 18.2 Å². The van der Waals surface area contributed by atoms with Crippen LogP contribution in [-0.2, 0) is 6.18 Å². The monoisotopic (exact) mass is 495 g/mol. The Hall–Kier alpha value is -4.01. The molecule has 1 atom stereocenters. The highest BCUT2D eigenvalue weighted by molar-refractivity contribution is 6.04. The molecule has 36 heavy (non-hydrogen) atoms. The van der Waals surface area contributed by atoms with Crippen LogP contribution in [0.2, 0.25) is 0 Å². The van der Waals surface area contributed by atoms with Gasteiger partial charge in [0.25, 0.3) is 5.91 Å². The van der Waals surface area contributed by atoms with Crippen molar-refractivity contribution in [2.45, 2.75) is 19.1 Å². The number of fused-ring (bicyclic) bond motifs is 2. The summed E-state index contributed by atoms with van der Waals surface area (Å²) >= 11 is 0. The maximum absolute atomic E-state index is 13.4. The molecular weight excluding hydrogens is 471 g/mol.